The molecule has 0 aliphatic heterocycles. The zero-order valence-electron chi connectivity index (χ0n) is 27.4. The smallest absolute Gasteiger partial charge is 0.228 e. The Morgan fingerprint density at radius 3 is 1.84 bits per heavy atom. The second-order valence-corrected chi connectivity index (χ2v) is 13.2. The summed E-state index contributed by atoms with van der Waals surface area (Å²) in [6.07, 6.45) is 0. The zero-order valence-corrected chi connectivity index (χ0v) is 27.4. The van der Waals surface area contributed by atoms with Crippen LogP contribution in [0.3, 0.4) is 0 Å². The monoisotopic (exact) mass is 652 g/mol. The maximum atomic E-state index is 6.58. The highest BCUT2D eigenvalue weighted by Gasteiger charge is 2.20. The quantitative estimate of drug-likeness (QED) is 0.177. The van der Waals surface area contributed by atoms with E-state index in [0.29, 0.717) is 5.89 Å². The van der Waals surface area contributed by atoms with E-state index in [2.05, 4.69) is 138 Å². The molecule has 0 spiro atoms. The first-order valence-corrected chi connectivity index (χ1v) is 17.2. The van der Waals surface area contributed by atoms with E-state index in [1.807, 2.05) is 36.4 Å². The third-order valence-corrected chi connectivity index (χ3v) is 10.2. The highest BCUT2D eigenvalue weighted by atomic mass is 16.3. The second kappa shape index (κ2) is 10.8. The number of benzene rings is 9. The van der Waals surface area contributed by atoms with Crippen LogP contribution in [0.4, 0.5) is 17.1 Å². The largest absolute Gasteiger partial charge is 0.456 e. The van der Waals surface area contributed by atoms with Crippen LogP contribution in [0.15, 0.2) is 179 Å². The molecule has 0 atom stereocenters. The van der Waals surface area contributed by atoms with Gasteiger partial charge in [0.2, 0.25) is 5.89 Å². The molecular formula is C47H28N2O2. The molecule has 238 valence electrons. The minimum Gasteiger partial charge on any atom is -0.456 e. The fourth-order valence-electron chi connectivity index (χ4n) is 7.84. The Hall–Kier alpha value is -6.91. The van der Waals surface area contributed by atoms with Crippen LogP contribution in [-0.4, -0.2) is 4.98 Å². The minimum atomic E-state index is 0.586. The van der Waals surface area contributed by atoms with Gasteiger partial charge in [-0.3, -0.25) is 0 Å². The molecule has 0 bridgehead atoms. The number of nitrogens with zero attached hydrogens (tertiary/aromatic N) is 2. The van der Waals surface area contributed by atoms with Gasteiger partial charge in [-0.2, -0.15) is 0 Å². The maximum Gasteiger partial charge on any atom is 0.228 e. The molecule has 9 aromatic carbocycles. The SMILES string of the molecule is c1ccc2cc(N(c3ccc4c(ccc5c6ccccc6ccc45)c3)c3ccc4c(c3)oc3cccc(-c5nc6ccccc6o5)c34)ccc2c1. The summed E-state index contributed by atoms with van der Waals surface area (Å²) in [7, 11) is 0. The Morgan fingerprint density at radius 2 is 0.980 bits per heavy atom. The van der Waals surface area contributed by atoms with Gasteiger partial charge in [-0.05, 0) is 104 Å². The van der Waals surface area contributed by atoms with Crippen LogP contribution in [0, 0.1) is 0 Å². The van der Waals surface area contributed by atoms with E-state index in [9.17, 15) is 0 Å². The second-order valence-electron chi connectivity index (χ2n) is 13.2. The molecule has 11 rings (SSSR count). The third-order valence-electron chi connectivity index (χ3n) is 10.2. The van der Waals surface area contributed by atoms with Crippen molar-refractivity contribution in [3.8, 4) is 11.5 Å². The molecule has 4 nitrogen and oxygen atoms in total. The number of rotatable bonds is 4. The van der Waals surface area contributed by atoms with Crippen LogP contribution in [0.25, 0.3) is 87.6 Å². The molecule has 0 saturated heterocycles. The van der Waals surface area contributed by atoms with E-state index in [0.717, 1.165) is 55.7 Å². The third kappa shape index (κ3) is 4.37. The van der Waals surface area contributed by atoms with Gasteiger partial charge in [-0.25, -0.2) is 4.98 Å². The predicted molar refractivity (Wildman–Crippen MR) is 211 cm³/mol. The summed E-state index contributed by atoms with van der Waals surface area (Å²) >= 11 is 0. The molecule has 51 heavy (non-hydrogen) atoms. The number of furan rings is 1. The average molecular weight is 653 g/mol. The number of para-hydroxylation sites is 2. The molecule has 0 aliphatic rings. The summed E-state index contributed by atoms with van der Waals surface area (Å²) in [5, 5.41) is 11.9. The van der Waals surface area contributed by atoms with Crippen molar-refractivity contribution in [3.63, 3.8) is 0 Å². The van der Waals surface area contributed by atoms with Crippen LogP contribution in [-0.2, 0) is 0 Å². The fraction of sp³-hybridized carbons (Fsp3) is 0. The first kappa shape index (κ1) is 28.0. The lowest BCUT2D eigenvalue weighted by molar-refractivity contribution is 0.620. The van der Waals surface area contributed by atoms with Gasteiger partial charge < -0.3 is 13.7 Å². The summed E-state index contributed by atoms with van der Waals surface area (Å²) in [4.78, 5) is 7.14. The van der Waals surface area contributed by atoms with Crippen LogP contribution in [0.1, 0.15) is 0 Å². The lowest BCUT2D eigenvalue weighted by Crippen LogP contribution is -2.09. The molecule has 2 aromatic heterocycles. The Bertz CT molecular complexity index is 3140. The molecule has 0 radical (unpaired) electrons. The first-order valence-electron chi connectivity index (χ1n) is 17.2. The van der Waals surface area contributed by atoms with Gasteiger partial charge in [-0.1, -0.05) is 103 Å². The molecule has 2 heterocycles. The number of oxazole rings is 1. The zero-order chi connectivity index (χ0) is 33.5. The molecular weight excluding hydrogens is 625 g/mol. The van der Waals surface area contributed by atoms with Crippen LogP contribution < -0.4 is 4.90 Å². The molecule has 0 N–H and O–H groups in total. The van der Waals surface area contributed by atoms with Crippen molar-refractivity contribution in [2.24, 2.45) is 0 Å². The summed E-state index contributed by atoms with van der Waals surface area (Å²) in [6, 6.07) is 60.0. The molecule has 4 heteroatoms. The van der Waals surface area contributed by atoms with Crippen molar-refractivity contribution in [1.29, 1.82) is 0 Å². The van der Waals surface area contributed by atoms with Crippen molar-refractivity contribution in [2.45, 2.75) is 0 Å². The van der Waals surface area contributed by atoms with E-state index in [1.54, 1.807) is 0 Å². The standard InChI is InChI=1S/C47H28N2O2/c1-2-10-31-26-33(19-16-29(31)8-1)49(34-20-24-37-32(27-34)18-23-38-36-11-4-3-9-30(36)17-22-39(37)38)35-21-25-40-45(28-35)50-44-15-7-12-41(46(40)44)47-48-42-13-5-6-14-43(42)51-47/h1-28H. The lowest BCUT2D eigenvalue weighted by atomic mass is 9.96. The Labute approximate surface area is 292 Å². The summed E-state index contributed by atoms with van der Waals surface area (Å²) in [5.41, 5.74) is 7.26. The van der Waals surface area contributed by atoms with Crippen LogP contribution in [0.5, 0.6) is 0 Å². The molecule has 11 aromatic rings. The van der Waals surface area contributed by atoms with Gasteiger partial charge in [0.05, 0.1) is 0 Å². The van der Waals surface area contributed by atoms with E-state index >= 15 is 0 Å². The lowest BCUT2D eigenvalue weighted by Gasteiger charge is -2.26. The highest BCUT2D eigenvalue weighted by Crippen LogP contribution is 2.43. The predicted octanol–water partition coefficient (Wildman–Crippen LogP) is 13.5. The van der Waals surface area contributed by atoms with E-state index in [4.69, 9.17) is 13.8 Å². The van der Waals surface area contributed by atoms with Crippen molar-refractivity contribution in [1.82, 2.24) is 4.98 Å². The van der Waals surface area contributed by atoms with Gasteiger partial charge >= 0.3 is 0 Å². The number of hydrogen-bond donors (Lipinski definition) is 0. The number of fused-ring (bicyclic) bond motifs is 10. The minimum absolute atomic E-state index is 0.586. The maximum absolute atomic E-state index is 6.58. The van der Waals surface area contributed by atoms with Gasteiger partial charge in [-0.15, -0.1) is 0 Å². The molecule has 0 aliphatic carbocycles. The Kier molecular flexibility index (Phi) is 5.92. The van der Waals surface area contributed by atoms with Crippen molar-refractivity contribution in [2.75, 3.05) is 4.90 Å². The highest BCUT2D eigenvalue weighted by molar-refractivity contribution is 6.18. The van der Waals surface area contributed by atoms with Gasteiger partial charge in [0, 0.05) is 39.5 Å². The van der Waals surface area contributed by atoms with Crippen molar-refractivity contribution < 1.29 is 8.83 Å². The van der Waals surface area contributed by atoms with Gasteiger partial charge in [0.1, 0.15) is 16.7 Å². The average Bonchev–Trinajstić information content (AvgIpc) is 3.79. The van der Waals surface area contributed by atoms with E-state index in [-0.39, 0.29) is 0 Å². The summed E-state index contributed by atoms with van der Waals surface area (Å²) in [5.74, 6) is 0.586. The van der Waals surface area contributed by atoms with Crippen LogP contribution >= 0.6 is 0 Å². The molecule has 0 saturated carbocycles. The van der Waals surface area contributed by atoms with Crippen molar-refractivity contribution >= 4 is 93.2 Å². The van der Waals surface area contributed by atoms with Crippen molar-refractivity contribution in [3.05, 3.63) is 170 Å². The van der Waals surface area contributed by atoms with Gasteiger partial charge in [0.15, 0.2) is 5.58 Å². The Morgan fingerprint density at radius 1 is 0.373 bits per heavy atom. The summed E-state index contributed by atoms with van der Waals surface area (Å²) in [6.45, 7) is 0. The first-order chi connectivity index (χ1) is 25.2. The van der Waals surface area contributed by atoms with Gasteiger partial charge in [0.25, 0.3) is 0 Å². The number of hydrogen-bond acceptors (Lipinski definition) is 4. The number of aromatic nitrogens is 1. The van der Waals surface area contributed by atoms with E-state index < -0.39 is 0 Å². The fourth-order valence-corrected chi connectivity index (χ4v) is 7.84. The topological polar surface area (TPSA) is 42.4 Å². The Balaban J connectivity index is 1.10. The van der Waals surface area contributed by atoms with E-state index in [1.165, 1.54) is 43.1 Å². The molecule has 0 fully saturated rings. The molecule has 0 unspecified atom stereocenters. The summed E-state index contributed by atoms with van der Waals surface area (Å²) < 4.78 is 12.8. The number of anilines is 3. The molecule has 0 amide bonds. The van der Waals surface area contributed by atoms with Crippen LogP contribution in [0.2, 0.25) is 0 Å². The normalized spacial score (nSPS) is 11.9.